The van der Waals surface area contributed by atoms with Gasteiger partial charge >= 0.3 is 5.97 Å². The van der Waals surface area contributed by atoms with Gasteiger partial charge in [0, 0.05) is 5.57 Å². The third-order valence-corrected chi connectivity index (χ3v) is 1.27. The summed E-state index contributed by atoms with van der Waals surface area (Å²) < 4.78 is 0. The van der Waals surface area contributed by atoms with Gasteiger partial charge in [0.05, 0.1) is 0 Å². The van der Waals surface area contributed by atoms with Crippen molar-refractivity contribution in [3.8, 4) is 0 Å². The maximum absolute atomic E-state index is 10.3. The van der Waals surface area contributed by atoms with Gasteiger partial charge in [0.25, 0.3) is 0 Å². The van der Waals surface area contributed by atoms with Crippen molar-refractivity contribution in [2.45, 2.75) is 19.8 Å². The Kier molecular flexibility index (Phi) is 4.58. The predicted molar refractivity (Wildman–Crippen MR) is 39.7 cm³/mol. The molecule has 0 fully saturated rings. The lowest BCUT2D eigenvalue weighted by Gasteiger charge is -1.97. The van der Waals surface area contributed by atoms with Crippen LogP contribution in [0.4, 0.5) is 0 Å². The van der Waals surface area contributed by atoms with Crippen LogP contribution in [-0.2, 0) is 4.79 Å². The first-order chi connectivity index (χ1) is 4.72. The molecule has 0 aliphatic heterocycles. The molecule has 3 N–H and O–H groups in total. The fourth-order valence-electron chi connectivity index (χ4n) is 0.667. The van der Waals surface area contributed by atoms with E-state index in [9.17, 15) is 4.79 Å². The lowest BCUT2D eigenvalue weighted by molar-refractivity contribution is -0.132. The van der Waals surface area contributed by atoms with Crippen molar-refractivity contribution < 1.29 is 9.90 Å². The Morgan fingerprint density at radius 3 is 2.60 bits per heavy atom. The second kappa shape index (κ2) is 4.99. The van der Waals surface area contributed by atoms with Crippen LogP contribution in [0.5, 0.6) is 0 Å². The van der Waals surface area contributed by atoms with E-state index in [2.05, 4.69) is 0 Å². The van der Waals surface area contributed by atoms with Crippen molar-refractivity contribution in [1.29, 1.82) is 0 Å². The van der Waals surface area contributed by atoms with E-state index in [0.29, 0.717) is 18.5 Å². The molecule has 0 aliphatic rings. The number of allylic oxidation sites excluding steroid dienone is 1. The maximum atomic E-state index is 10.3. The van der Waals surface area contributed by atoms with Crippen LogP contribution in [-0.4, -0.2) is 17.6 Å². The van der Waals surface area contributed by atoms with Crippen LogP contribution < -0.4 is 5.73 Å². The van der Waals surface area contributed by atoms with E-state index in [1.807, 2.05) is 0 Å². The van der Waals surface area contributed by atoms with Crippen LogP contribution in [0.15, 0.2) is 11.6 Å². The fraction of sp³-hybridized carbons (Fsp3) is 0.571. The third kappa shape index (κ3) is 3.25. The molecule has 0 aromatic carbocycles. The van der Waals surface area contributed by atoms with E-state index < -0.39 is 5.97 Å². The lowest BCUT2D eigenvalue weighted by atomic mass is 10.1. The van der Waals surface area contributed by atoms with Crippen molar-refractivity contribution in [2.24, 2.45) is 5.73 Å². The summed E-state index contributed by atoms with van der Waals surface area (Å²) in [5, 5.41) is 8.49. The first-order valence-corrected chi connectivity index (χ1v) is 3.31. The SMILES string of the molecule is C/C=C(\CCCN)C(=O)O. The number of carboxylic acid groups (broad SMARTS) is 1. The van der Waals surface area contributed by atoms with Gasteiger partial charge in [-0.2, -0.15) is 0 Å². The molecule has 0 unspecified atom stereocenters. The van der Waals surface area contributed by atoms with Gasteiger partial charge in [-0.15, -0.1) is 0 Å². The van der Waals surface area contributed by atoms with E-state index in [1.165, 1.54) is 0 Å². The molecule has 0 saturated heterocycles. The number of nitrogens with two attached hydrogens (primary N) is 1. The molecule has 0 bridgehead atoms. The van der Waals surface area contributed by atoms with Crippen molar-refractivity contribution in [3.63, 3.8) is 0 Å². The molecule has 3 nitrogen and oxygen atoms in total. The monoisotopic (exact) mass is 143 g/mol. The number of carbonyl (C=O) groups is 1. The summed E-state index contributed by atoms with van der Waals surface area (Å²) in [5.74, 6) is -0.837. The normalized spacial score (nSPS) is 11.6. The number of carboxylic acids is 1. The highest BCUT2D eigenvalue weighted by Gasteiger charge is 2.03. The summed E-state index contributed by atoms with van der Waals surface area (Å²) in [6, 6.07) is 0. The number of aliphatic carboxylic acids is 1. The van der Waals surface area contributed by atoms with Crippen LogP contribution in [0.2, 0.25) is 0 Å². The van der Waals surface area contributed by atoms with Gasteiger partial charge in [-0.25, -0.2) is 4.79 Å². The van der Waals surface area contributed by atoms with Gasteiger partial charge in [0.15, 0.2) is 0 Å². The second-order valence-corrected chi connectivity index (χ2v) is 2.01. The lowest BCUT2D eigenvalue weighted by Crippen LogP contribution is -2.04. The largest absolute Gasteiger partial charge is 0.478 e. The van der Waals surface area contributed by atoms with Crippen LogP contribution in [0, 0.1) is 0 Å². The summed E-state index contributed by atoms with van der Waals surface area (Å²) in [6.07, 6.45) is 2.92. The highest BCUT2D eigenvalue weighted by molar-refractivity contribution is 5.86. The predicted octanol–water partition coefficient (Wildman–Crippen LogP) is 0.756. The number of hydrogen-bond acceptors (Lipinski definition) is 2. The fourth-order valence-corrected chi connectivity index (χ4v) is 0.667. The summed E-state index contributed by atoms with van der Waals surface area (Å²) in [5.41, 5.74) is 5.66. The van der Waals surface area contributed by atoms with E-state index in [-0.39, 0.29) is 0 Å². The summed E-state index contributed by atoms with van der Waals surface area (Å²) >= 11 is 0. The van der Waals surface area contributed by atoms with Gasteiger partial charge in [-0.1, -0.05) is 6.08 Å². The Morgan fingerprint density at radius 2 is 2.30 bits per heavy atom. The summed E-state index contributed by atoms with van der Waals surface area (Å²) in [4.78, 5) is 10.3. The molecule has 0 radical (unpaired) electrons. The highest BCUT2D eigenvalue weighted by Crippen LogP contribution is 2.03. The zero-order valence-electron chi connectivity index (χ0n) is 6.13. The standard InChI is InChI=1S/C7H13NO2/c1-2-6(7(9)10)4-3-5-8/h2H,3-5,8H2,1H3,(H,9,10)/b6-2+. The topological polar surface area (TPSA) is 63.3 Å². The Bertz CT molecular complexity index is 141. The van der Waals surface area contributed by atoms with Crippen molar-refractivity contribution in [3.05, 3.63) is 11.6 Å². The van der Waals surface area contributed by atoms with Gasteiger partial charge in [0.1, 0.15) is 0 Å². The molecular formula is C7H13NO2. The summed E-state index contributed by atoms with van der Waals surface area (Å²) in [6.45, 7) is 2.27. The Hall–Kier alpha value is -0.830. The molecule has 0 atom stereocenters. The van der Waals surface area contributed by atoms with E-state index in [0.717, 1.165) is 6.42 Å². The molecule has 0 spiro atoms. The molecule has 0 aromatic heterocycles. The Labute approximate surface area is 60.5 Å². The van der Waals surface area contributed by atoms with Crippen molar-refractivity contribution in [1.82, 2.24) is 0 Å². The molecule has 0 saturated carbocycles. The van der Waals surface area contributed by atoms with Gasteiger partial charge in [0.2, 0.25) is 0 Å². The van der Waals surface area contributed by atoms with Crippen molar-refractivity contribution >= 4 is 5.97 Å². The van der Waals surface area contributed by atoms with E-state index in [1.54, 1.807) is 13.0 Å². The first-order valence-electron chi connectivity index (χ1n) is 3.31. The van der Waals surface area contributed by atoms with Gasteiger partial charge in [-0.3, -0.25) is 0 Å². The molecule has 0 heterocycles. The van der Waals surface area contributed by atoms with E-state index in [4.69, 9.17) is 10.8 Å². The first kappa shape index (κ1) is 9.17. The minimum atomic E-state index is -0.837. The van der Waals surface area contributed by atoms with Gasteiger partial charge < -0.3 is 10.8 Å². The number of rotatable bonds is 4. The molecule has 3 heteroatoms. The second-order valence-electron chi connectivity index (χ2n) is 2.01. The molecule has 0 amide bonds. The smallest absolute Gasteiger partial charge is 0.331 e. The quantitative estimate of drug-likeness (QED) is 0.571. The number of hydrogen-bond donors (Lipinski definition) is 2. The molecular weight excluding hydrogens is 130 g/mol. The van der Waals surface area contributed by atoms with Crippen LogP contribution in [0.1, 0.15) is 19.8 Å². The Balaban J connectivity index is 3.74. The van der Waals surface area contributed by atoms with Crippen LogP contribution in [0.25, 0.3) is 0 Å². The minimum Gasteiger partial charge on any atom is -0.478 e. The average Bonchev–Trinajstić information content (AvgIpc) is 1.89. The van der Waals surface area contributed by atoms with Crippen molar-refractivity contribution in [2.75, 3.05) is 6.54 Å². The maximum Gasteiger partial charge on any atom is 0.331 e. The molecule has 58 valence electrons. The third-order valence-electron chi connectivity index (χ3n) is 1.27. The van der Waals surface area contributed by atoms with Gasteiger partial charge in [-0.05, 0) is 26.3 Å². The average molecular weight is 143 g/mol. The molecule has 0 rings (SSSR count). The van der Waals surface area contributed by atoms with E-state index >= 15 is 0 Å². The minimum absolute atomic E-state index is 0.449. The highest BCUT2D eigenvalue weighted by atomic mass is 16.4. The molecule has 0 aromatic rings. The zero-order valence-corrected chi connectivity index (χ0v) is 6.13. The zero-order chi connectivity index (χ0) is 7.98. The van der Waals surface area contributed by atoms with Crippen LogP contribution >= 0.6 is 0 Å². The van der Waals surface area contributed by atoms with Crippen LogP contribution in [0.3, 0.4) is 0 Å². The molecule has 10 heavy (non-hydrogen) atoms. The molecule has 0 aliphatic carbocycles. The summed E-state index contributed by atoms with van der Waals surface area (Å²) in [7, 11) is 0. The Morgan fingerprint density at radius 1 is 1.70 bits per heavy atom.